The summed E-state index contributed by atoms with van der Waals surface area (Å²) < 4.78 is 5.21. The molecule has 0 radical (unpaired) electrons. The standard InChI is InChI=1S/C17H22N4O3/c1-11(2)24-17(23)21-9-7-12(8-10-21)18-16-19-14-6-4-3-5-13(14)15(22)20-16/h3-6,11-12H,7-10H2,1-2H3,(H2,18,19,20,22). The number of aromatic nitrogens is 2. The molecule has 0 bridgehead atoms. The summed E-state index contributed by atoms with van der Waals surface area (Å²) in [6.07, 6.45) is 1.19. The smallest absolute Gasteiger partial charge is 0.410 e. The first-order chi connectivity index (χ1) is 11.5. The van der Waals surface area contributed by atoms with Crippen molar-refractivity contribution in [2.24, 2.45) is 0 Å². The summed E-state index contributed by atoms with van der Waals surface area (Å²) in [6, 6.07) is 7.41. The number of benzene rings is 1. The minimum atomic E-state index is -0.263. The van der Waals surface area contributed by atoms with Gasteiger partial charge in [0.25, 0.3) is 5.56 Å². The van der Waals surface area contributed by atoms with E-state index in [1.165, 1.54) is 0 Å². The Balaban J connectivity index is 1.62. The summed E-state index contributed by atoms with van der Waals surface area (Å²) in [4.78, 5) is 32.9. The minimum absolute atomic E-state index is 0.111. The van der Waals surface area contributed by atoms with Gasteiger partial charge in [0.2, 0.25) is 5.95 Å². The minimum Gasteiger partial charge on any atom is -0.447 e. The molecule has 2 aromatic rings. The van der Waals surface area contributed by atoms with Crippen molar-refractivity contribution in [3.8, 4) is 0 Å². The van der Waals surface area contributed by atoms with Gasteiger partial charge < -0.3 is 15.0 Å². The number of ether oxygens (including phenoxy) is 1. The highest BCUT2D eigenvalue weighted by atomic mass is 16.6. The van der Waals surface area contributed by atoms with Gasteiger partial charge in [0, 0.05) is 19.1 Å². The molecule has 0 spiro atoms. The number of carbonyl (C=O) groups is 1. The van der Waals surface area contributed by atoms with Gasteiger partial charge in [0.05, 0.1) is 17.0 Å². The van der Waals surface area contributed by atoms with Crippen molar-refractivity contribution in [3.63, 3.8) is 0 Å². The number of anilines is 1. The molecular formula is C17H22N4O3. The lowest BCUT2D eigenvalue weighted by Crippen LogP contribution is -2.43. The molecule has 1 aliphatic heterocycles. The number of para-hydroxylation sites is 1. The van der Waals surface area contributed by atoms with Gasteiger partial charge in [-0.2, -0.15) is 0 Å². The zero-order valence-corrected chi connectivity index (χ0v) is 13.9. The molecular weight excluding hydrogens is 308 g/mol. The van der Waals surface area contributed by atoms with E-state index in [-0.39, 0.29) is 23.8 Å². The zero-order chi connectivity index (χ0) is 17.1. The SMILES string of the molecule is CC(C)OC(=O)N1CCC(Nc2nc3ccccc3c(=O)[nH]2)CC1. The number of nitrogens with one attached hydrogen (secondary N) is 2. The van der Waals surface area contributed by atoms with E-state index in [4.69, 9.17) is 4.74 Å². The van der Waals surface area contributed by atoms with Crippen LogP contribution in [0.3, 0.4) is 0 Å². The molecule has 1 amide bonds. The van der Waals surface area contributed by atoms with Gasteiger partial charge in [0.1, 0.15) is 0 Å². The highest BCUT2D eigenvalue weighted by Gasteiger charge is 2.24. The predicted molar refractivity (Wildman–Crippen MR) is 92.2 cm³/mol. The van der Waals surface area contributed by atoms with Crippen molar-refractivity contribution in [2.75, 3.05) is 18.4 Å². The van der Waals surface area contributed by atoms with Crippen LogP contribution in [-0.2, 0) is 4.74 Å². The first-order valence-corrected chi connectivity index (χ1v) is 8.24. The first kappa shape index (κ1) is 16.3. The maximum Gasteiger partial charge on any atom is 0.410 e. The molecule has 128 valence electrons. The molecule has 7 heteroatoms. The summed E-state index contributed by atoms with van der Waals surface area (Å²) in [5.74, 6) is 0.474. The number of H-pyrrole nitrogens is 1. The Labute approximate surface area is 140 Å². The van der Waals surface area contributed by atoms with Crippen LogP contribution in [0, 0.1) is 0 Å². The van der Waals surface area contributed by atoms with Gasteiger partial charge in [0.15, 0.2) is 0 Å². The van der Waals surface area contributed by atoms with E-state index in [9.17, 15) is 9.59 Å². The molecule has 0 saturated carbocycles. The third-order valence-electron chi connectivity index (χ3n) is 4.04. The number of carbonyl (C=O) groups excluding carboxylic acids is 1. The molecule has 24 heavy (non-hydrogen) atoms. The van der Waals surface area contributed by atoms with Gasteiger partial charge in [-0.3, -0.25) is 9.78 Å². The average molecular weight is 330 g/mol. The van der Waals surface area contributed by atoms with Crippen molar-refractivity contribution >= 4 is 22.9 Å². The largest absolute Gasteiger partial charge is 0.447 e. The number of likely N-dealkylation sites (tertiary alicyclic amines) is 1. The van der Waals surface area contributed by atoms with Crippen LogP contribution in [0.5, 0.6) is 0 Å². The second kappa shape index (κ2) is 6.90. The number of hydrogen-bond donors (Lipinski definition) is 2. The highest BCUT2D eigenvalue weighted by Crippen LogP contribution is 2.16. The van der Waals surface area contributed by atoms with E-state index in [0.29, 0.717) is 29.9 Å². The molecule has 1 aromatic carbocycles. The lowest BCUT2D eigenvalue weighted by atomic mass is 10.1. The Morgan fingerprint density at radius 3 is 2.75 bits per heavy atom. The van der Waals surface area contributed by atoms with Crippen LogP contribution < -0.4 is 10.9 Å². The van der Waals surface area contributed by atoms with Crippen molar-refractivity contribution in [1.29, 1.82) is 0 Å². The van der Waals surface area contributed by atoms with Gasteiger partial charge in [-0.05, 0) is 38.8 Å². The van der Waals surface area contributed by atoms with Crippen LogP contribution in [0.1, 0.15) is 26.7 Å². The zero-order valence-electron chi connectivity index (χ0n) is 13.9. The quantitative estimate of drug-likeness (QED) is 0.902. The normalized spacial score (nSPS) is 15.7. The number of hydrogen-bond acceptors (Lipinski definition) is 5. The molecule has 2 heterocycles. The van der Waals surface area contributed by atoms with E-state index >= 15 is 0 Å². The molecule has 1 saturated heterocycles. The van der Waals surface area contributed by atoms with Crippen LogP contribution >= 0.6 is 0 Å². The summed E-state index contributed by atoms with van der Waals surface area (Å²) >= 11 is 0. The summed E-state index contributed by atoms with van der Waals surface area (Å²) in [6.45, 7) is 4.93. The van der Waals surface area contributed by atoms with Crippen molar-refractivity contribution < 1.29 is 9.53 Å². The second-order valence-corrected chi connectivity index (χ2v) is 6.27. The molecule has 1 aliphatic rings. The maximum atomic E-state index is 12.1. The Morgan fingerprint density at radius 1 is 1.33 bits per heavy atom. The number of piperidine rings is 1. The molecule has 3 rings (SSSR count). The predicted octanol–water partition coefficient (Wildman–Crippen LogP) is 2.34. The van der Waals surface area contributed by atoms with Crippen molar-refractivity contribution in [2.45, 2.75) is 38.8 Å². The van der Waals surface area contributed by atoms with Crippen molar-refractivity contribution in [1.82, 2.24) is 14.9 Å². The summed E-state index contributed by atoms with van der Waals surface area (Å²) in [7, 11) is 0. The average Bonchev–Trinajstić information content (AvgIpc) is 2.55. The van der Waals surface area contributed by atoms with Crippen molar-refractivity contribution in [3.05, 3.63) is 34.6 Å². The molecule has 0 unspecified atom stereocenters. The molecule has 1 fully saturated rings. The van der Waals surface area contributed by atoms with E-state index in [0.717, 1.165) is 12.8 Å². The lowest BCUT2D eigenvalue weighted by Gasteiger charge is -2.32. The first-order valence-electron chi connectivity index (χ1n) is 8.24. The van der Waals surface area contributed by atoms with Crippen LogP contribution in [0.4, 0.5) is 10.7 Å². The maximum absolute atomic E-state index is 12.1. The monoisotopic (exact) mass is 330 g/mol. The topological polar surface area (TPSA) is 87.3 Å². The Kier molecular flexibility index (Phi) is 4.69. The van der Waals surface area contributed by atoms with Gasteiger partial charge in [-0.1, -0.05) is 12.1 Å². The number of fused-ring (bicyclic) bond motifs is 1. The molecule has 0 atom stereocenters. The van der Waals surface area contributed by atoms with Gasteiger partial charge in [-0.25, -0.2) is 9.78 Å². The van der Waals surface area contributed by atoms with Crippen LogP contribution in [0.25, 0.3) is 10.9 Å². The Hall–Kier alpha value is -2.57. The fourth-order valence-corrected chi connectivity index (χ4v) is 2.83. The fourth-order valence-electron chi connectivity index (χ4n) is 2.83. The Bertz CT molecular complexity index is 779. The third kappa shape index (κ3) is 3.67. The number of amides is 1. The summed E-state index contributed by atoms with van der Waals surface area (Å²) in [5.41, 5.74) is 0.516. The van der Waals surface area contributed by atoms with Crippen LogP contribution in [0.2, 0.25) is 0 Å². The number of aromatic amines is 1. The number of rotatable bonds is 3. The fraction of sp³-hybridized carbons (Fsp3) is 0.471. The van der Waals surface area contributed by atoms with E-state index in [2.05, 4.69) is 15.3 Å². The number of nitrogens with zero attached hydrogens (tertiary/aromatic N) is 2. The lowest BCUT2D eigenvalue weighted by molar-refractivity contribution is 0.0701. The third-order valence-corrected chi connectivity index (χ3v) is 4.04. The molecule has 1 aromatic heterocycles. The Morgan fingerprint density at radius 2 is 2.04 bits per heavy atom. The molecule has 0 aliphatic carbocycles. The van der Waals surface area contributed by atoms with E-state index in [1.54, 1.807) is 11.0 Å². The molecule has 2 N–H and O–H groups in total. The van der Waals surface area contributed by atoms with Crippen LogP contribution in [0.15, 0.2) is 29.1 Å². The second-order valence-electron chi connectivity index (χ2n) is 6.27. The highest BCUT2D eigenvalue weighted by molar-refractivity contribution is 5.78. The van der Waals surface area contributed by atoms with Gasteiger partial charge >= 0.3 is 6.09 Å². The molecule has 7 nitrogen and oxygen atoms in total. The van der Waals surface area contributed by atoms with Crippen LogP contribution in [-0.4, -0.2) is 46.2 Å². The summed E-state index contributed by atoms with van der Waals surface area (Å²) in [5, 5.41) is 3.85. The van der Waals surface area contributed by atoms with E-state index < -0.39 is 0 Å². The van der Waals surface area contributed by atoms with E-state index in [1.807, 2.05) is 32.0 Å². The van der Waals surface area contributed by atoms with Gasteiger partial charge in [-0.15, -0.1) is 0 Å².